The monoisotopic (exact) mass is 319 g/mol. The van der Waals surface area contributed by atoms with E-state index in [4.69, 9.17) is 0 Å². The lowest BCUT2D eigenvalue weighted by atomic mass is 9.94. The number of nitrogens with zero attached hydrogens (tertiary/aromatic N) is 3. The van der Waals surface area contributed by atoms with Gasteiger partial charge in [-0.05, 0) is 12.8 Å². The fourth-order valence-electron chi connectivity index (χ4n) is 3.30. The molecule has 0 aromatic rings. The summed E-state index contributed by atoms with van der Waals surface area (Å²) in [5, 5.41) is 15.7. The summed E-state index contributed by atoms with van der Waals surface area (Å²) >= 11 is 0. The highest BCUT2D eigenvalue weighted by molar-refractivity contribution is 5.97. The van der Waals surface area contributed by atoms with E-state index in [1.54, 1.807) is 11.1 Å². The van der Waals surface area contributed by atoms with Crippen molar-refractivity contribution < 1.29 is 4.79 Å². The smallest absolute Gasteiger partial charge is 0.265 e. The van der Waals surface area contributed by atoms with E-state index >= 15 is 0 Å². The van der Waals surface area contributed by atoms with Crippen molar-refractivity contribution in [2.45, 2.75) is 38.1 Å². The van der Waals surface area contributed by atoms with Crippen LogP contribution >= 0.6 is 0 Å². The van der Waals surface area contributed by atoms with E-state index in [1.165, 1.54) is 19.3 Å². The van der Waals surface area contributed by atoms with Gasteiger partial charge in [-0.3, -0.25) is 9.69 Å². The summed E-state index contributed by atoms with van der Waals surface area (Å²) in [6.45, 7) is 5.86. The largest absolute Gasteiger partial charge is 0.388 e. The number of nitrogens with one attached hydrogen (secondary N) is 2. The second-order valence-electron chi connectivity index (χ2n) is 6.42. The topological polar surface area (TPSA) is 71.4 Å². The van der Waals surface area contributed by atoms with Crippen molar-refractivity contribution in [1.29, 1.82) is 5.26 Å². The molecule has 0 bridgehead atoms. The van der Waals surface area contributed by atoms with Crippen LogP contribution in [0.25, 0.3) is 0 Å². The van der Waals surface area contributed by atoms with Crippen LogP contribution in [0.4, 0.5) is 0 Å². The quantitative estimate of drug-likeness (QED) is 0.428. The van der Waals surface area contributed by atoms with Gasteiger partial charge >= 0.3 is 0 Å². The minimum absolute atomic E-state index is 0.158. The highest BCUT2D eigenvalue weighted by Gasteiger charge is 2.24. The Kier molecular flexibility index (Phi) is 7.37. The Labute approximate surface area is 139 Å². The van der Waals surface area contributed by atoms with Crippen LogP contribution in [-0.2, 0) is 4.79 Å². The van der Waals surface area contributed by atoms with Crippen molar-refractivity contribution >= 4 is 5.91 Å². The van der Waals surface area contributed by atoms with E-state index in [9.17, 15) is 10.1 Å². The maximum Gasteiger partial charge on any atom is 0.265 e. The van der Waals surface area contributed by atoms with Crippen molar-refractivity contribution in [2.75, 3.05) is 46.3 Å². The Balaban J connectivity index is 1.77. The van der Waals surface area contributed by atoms with Crippen LogP contribution in [0.1, 0.15) is 32.1 Å². The van der Waals surface area contributed by atoms with Gasteiger partial charge in [0.25, 0.3) is 5.91 Å². The van der Waals surface area contributed by atoms with Gasteiger partial charge in [-0.1, -0.05) is 19.3 Å². The summed E-state index contributed by atoms with van der Waals surface area (Å²) in [6, 6.07) is 2.33. The second-order valence-corrected chi connectivity index (χ2v) is 6.42. The molecule has 128 valence electrons. The molecule has 1 aliphatic heterocycles. The number of rotatable bonds is 6. The van der Waals surface area contributed by atoms with Gasteiger partial charge in [-0.2, -0.15) is 5.26 Å². The maximum absolute atomic E-state index is 12.4. The van der Waals surface area contributed by atoms with Crippen LogP contribution in [0.2, 0.25) is 0 Å². The van der Waals surface area contributed by atoms with Crippen molar-refractivity contribution in [2.24, 2.45) is 0 Å². The summed E-state index contributed by atoms with van der Waals surface area (Å²) in [5.74, 6) is -0.158. The number of amides is 1. The number of carbonyl (C=O) groups is 1. The first-order valence-electron chi connectivity index (χ1n) is 8.76. The zero-order valence-electron chi connectivity index (χ0n) is 14.2. The molecule has 2 fully saturated rings. The molecule has 23 heavy (non-hydrogen) atoms. The van der Waals surface area contributed by atoms with Crippen molar-refractivity contribution in [1.82, 2.24) is 20.4 Å². The van der Waals surface area contributed by atoms with Gasteiger partial charge in [-0.25, -0.2) is 0 Å². The third kappa shape index (κ3) is 5.52. The Morgan fingerprint density at radius 2 is 2.04 bits per heavy atom. The molecule has 0 aromatic heterocycles. The molecule has 1 amide bonds. The van der Waals surface area contributed by atoms with Crippen molar-refractivity contribution in [3.05, 3.63) is 11.8 Å². The lowest BCUT2D eigenvalue weighted by molar-refractivity contribution is -0.128. The molecule has 2 N–H and O–H groups in total. The third-order valence-corrected chi connectivity index (χ3v) is 4.82. The Morgan fingerprint density at radius 3 is 2.70 bits per heavy atom. The van der Waals surface area contributed by atoms with E-state index in [0.717, 1.165) is 52.1 Å². The number of hydrogen-bond donors (Lipinski definition) is 2. The Bertz CT molecular complexity index is 444. The molecule has 6 heteroatoms. The van der Waals surface area contributed by atoms with Gasteiger partial charge in [0, 0.05) is 58.6 Å². The van der Waals surface area contributed by atoms with E-state index in [0.29, 0.717) is 0 Å². The van der Waals surface area contributed by atoms with Gasteiger partial charge in [0.1, 0.15) is 11.6 Å². The standard InChI is InChI=1S/C17H29N5O/c1-21(16-5-3-2-4-6-16)17(23)15(13-18)14-20-9-12-22-10-7-19-8-11-22/h14,16,19-20H,2-12H2,1H3/b15-14-. The summed E-state index contributed by atoms with van der Waals surface area (Å²) in [7, 11) is 1.82. The Morgan fingerprint density at radius 1 is 1.35 bits per heavy atom. The van der Waals surface area contributed by atoms with Crippen LogP contribution in [0.15, 0.2) is 11.8 Å². The number of hydrogen-bond acceptors (Lipinski definition) is 5. The van der Waals surface area contributed by atoms with E-state index < -0.39 is 0 Å². The summed E-state index contributed by atoms with van der Waals surface area (Å²) < 4.78 is 0. The average molecular weight is 319 g/mol. The first-order chi connectivity index (χ1) is 11.2. The molecule has 2 rings (SSSR count). The molecule has 2 aliphatic rings. The molecular formula is C17H29N5O. The molecule has 1 saturated heterocycles. The first kappa shape index (κ1) is 17.8. The summed E-state index contributed by atoms with van der Waals surface area (Å²) in [4.78, 5) is 16.6. The number of carbonyl (C=O) groups excluding carboxylic acids is 1. The zero-order valence-corrected chi connectivity index (χ0v) is 14.2. The lowest BCUT2D eigenvalue weighted by Crippen LogP contribution is -2.45. The van der Waals surface area contributed by atoms with Crippen LogP contribution in [-0.4, -0.2) is 68.1 Å². The minimum Gasteiger partial charge on any atom is -0.388 e. The summed E-state index contributed by atoms with van der Waals surface area (Å²) in [5.41, 5.74) is 0.207. The van der Waals surface area contributed by atoms with Gasteiger partial charge in [0.15, 0.2) is 0 Å². The maximum atomic E-state index is 12.4. The number of piperazine rings is 1. The molecule has 1 saturated carbocycles. The van der Waals surface area contributed by atoms with Gasteiger partial charge in [0.2, 0.25) is 0 Å². The van der Waals surface area contributed by atoms with Gasteiger partial charge < -0.3 is 15.5 Å². The third-order valence-electron chi connectivity index (χ3n) is 4.82. The number of nitriles is 1. The fourth-order valence-corrected chi connectivity index (χ4v) is 3.30. The highest BCUT2D eigenvalue weighted by atomic mass is 16.2. The van der Waals surface area contributed by atoms with Crippen molar-refractivity contribution in [3.63, 3.8) is 0 Å². The lowest BCUT2D eigenvalue weighted by Gasteiger charge is -2.31. The number of likely N-dealkylation sites (N-methyl/N-ethyl adjacent to an activating group) is 1. The van der Waals surface area contributed by atoms with Crippen LogP contribution in [0, 0.1) is 11.3 Å². The first-order valence-corrected chi connectivity index (χ1v) is 8.76. The van der Waals surface area contributed by atoms with Crippen molar-refractivity contribution in [3.8, 4) is 6.07 Å². The van der Waals surface area contributed by atoms with E-state index in [2.05, 4.69) is 15.5 Å². The summed E-state index contributed by atoms with van der Waals surface area (Å²) in [6.07, 6.45) is 7.30. The predicted octanol–water partition coefficient (Wildman–Crippen LogP) is 0.680. The molecule has 0 radical (unpaired) electrons. The molecule has 1 aliphatic carbocycles. The minimum atomic E-state index is -0.158. The fraction of sp³-hybridized carbons (Fsp3) is 0.765. The van der Waals surface area contributed by atoms with Crippen LogP contribution in [0.3, 0.4) is 0 Å². The molecule has 6 nitrogen and oxygen atoms in total. The zero-order chi connectivity index (χ0) is 16.5. The van der Waals surface area contributed by atoms with Gasteiger partial charge in [0.05, 0.1) is 0 Å². The van der Waals surface area contributed by atoms with Crippen LogP contribution in [0.5, 0.6) is 0 Å². The second kappa shape index (κ2) is 9.53. The van der Waals surface area contributed by atoms with Gasteiger partial charge in [-0.15, -0.1) is 0 Å². The molecule has 0 atom stereocenters. The molecule has 0 spiro atoms. The molecule has 0 aromatic carbocycles. The highest BCUT2D eigenvalue weighted by Crippen LogP contribution is 2.22. The average Bonchev–Trinajstić information content (AvgIpc) is 2.62. The Hall–Kier alpha value is -1.58. The molecule has 0 unspecified atom stereocenters. The van der Waals surface area contributed by atoms with E-state index in [1.807, 2.05) is 13.1 Å². The van der Waals surface area contributed by atoms with Crippen LogP contribution < -0.4 is 10.6 Å². The SMILES string of the molecule is CN(C(=O)/C(C#N)=C\NCCN1CCNCC1)C1CCCCC1. The normalized spacial score (nSPS) is 20.8. The van der Waals surface area contributed by atoms with E-state index in [-0.39, 0.29) is 17.5 Å². The predicted molar refractivity (Wildman–Crippen MR) is 90.7 cm³/mol. The molecule has 1 heterocycles. The molecular weight excluding hydrogens is 290 g/mol.